The van der Waals surface area contributed by atoms with Gasteiger partial charge in [-0.15, -0.1) is 11.8 Å². The lowest BCUT2D eigenvalue weighted by atomic mass is 10.1. The third-order valence-electron chi connectivity index (χ3n) is 4.36. The highest BCUT2D eigenvalue weighted by molar-refractivity contribution is 8.01. The summed E-state index contributed by atoms with van der Waals surface area (Å²) in [5.41, 5.74) is 1.09. The van der Waals surface area contributed by atoms with Crippen molar-refractivity contribution in [1.29, 1.82) is 0 Å². The van der Waals surface area contributed by atoms with E-state index >= 15 is 0 Å². The average molecular weight is 424 g/mol. The molecule has 0 saturated heterocycles. The highest BCUT2D eigenvalue weighted by Gasteiger charge is 2.34. The van der Waals surface area contributed by atoms with E-state index in [0.717, 1.165) is 15.4 Å². The summed E-state index contributed by atoms with van der Waals surface area (Å²) in [7, 11) is 0. The maximum atomic E-state index is 12.5. The Hall–Kier alpha value is -2.86. The van der Waals surface area contributed by atoms with Crippen LogP contribution in [0.25, 0.3) is 6.08 Å². The van der Waals surface area contributed by atoms with Crippen molar-refractivity contribution >= 4 is 35.6 Å². The number of thioether (sulfide) groups is 1. The number of fused-ring (bicyclic) bond motifs is 1. The fourth-order valence-electron chi connectivity index (χ4n) is 2.92. The van der Waals surface area contributed by atoms with Gasteiger partial charge in [0.1, 0.15) is 10.3 Å². The van der Waals surface area contributed by atoms with Crippen molar-refractivity contribution in [3.63, 3.8) is 0 Å². The molecule has 2 amide bonds. The van der Waals surface area contributed by atoms with Gasteiger partial charge in [0.05, 0.1) is 11.1 Å². The smallest absolute Gasteiger partial charge is 0.322 e. The summed E-state index contributed by atoms with van der Waals surface area (Å²) in [6.45, 7) is 9.18. The predicted molar refractivity (Wildman–Crippen MR) is 118 cm³/mol. The molecule has 0 N–H and O–H groups in total. The van der Waals surface area contributed by atoms with Gasteiger partial charge in [-0.2, -0.15) is 0 Å². The van der Waals surface area contributed by atoms with E-state index in [2.05, 4.69) is 0 Å². The first-order valence-corrected chi connectivity index (χ1v) is 10.5. The molecule has 0 fully saturated rings. The first-order valence-electron chi connectivity index (χ1n) is 9.66. The van der Waals surface area contributed by atoms with Crippen LogP contribution in [0.15, 0.2) is 59.6 Å². The van der Waals surface area contributed by atoms with Crippen molar-refractivity contribution in [3.05, 3.63) is 71.4 Å². The monoisotopic (exact) mass is 423 g/mol. The molecule has 0 unspecified atom stereocenters. The maximum Gasteiger partial charge on any atom is 0.322 e. The number of nitrogens with zero attached hydrogens (tertiary/aromatic N) is 1. The van der Waals surface area contributed by atoms with E-state index in [1.54, 1.807) is 30.3 Å². The molecule has 30 heavy (non-hydrogen) atoms. The van der Waals surface area contributed by atoms with Crippen molar-refractivity contribution in [3.8, 4) is 0 Å². The van der Waals surface area contributed by atoms with Gasteiger partial charge in [0, 0.05) is 11.1 Å². The Bertz CT molecular complexity index is 998. The normalized spacial score (nSPS) is 14.4. The maximum absolute atomic E-state index is 12.5. The minimum Gasteiger partial charge on any atom is -0.459 e. The van der Waals surface area contributed by atoms with Crippen LogP contribution in [0.4, 0.5) is 0 Å². The van der Waals surface area contributed by atoms with Crippen LogP contribution >= 0.6 is 11.8 Å². The fraction of sp³-hybridized carbons (Fsp3) is 0.292. The summed E-state index contributed by atoms with van der Waals surface area (Å²) in [5.74, 6) is -0.946. The van der Waals surface area contributed by atoms with Gasteiger partial charge in [0.2, 0.25) is 0 Å². The number of rotatable bonds is 5. The van der Waals surface area contributed by atoms with Crippen LogP contribution < -0.4 is 0 Å². The standard InChI is InChI=1S/C24H25NO4S/c1-23(2,3)29-22(28)24(4,5)30-17-10-8-9-16(15-17)13-14-25-20(26)18-11-6-7-12-19(18)21(25)27/h6-15H,1-5H3. The molecule has 0 aromatic heterocycles. The minimum atomic E-state index is -0.766. The SMILES string of the molecule is CC(C)(C)OC(=O)C(C)(C)Sc1cccc(C=CN2C(=O)c3ccccc3C2=O)c1. The Balaban J connectivity index is 1.74. The van der Waals surface area contributed by atoms with Crippen LogP contribution in [0.3, 0.4) is 0 Å². The molecule has 1 heterocycles. The Kier molecular flexibility index (Phi) is 5.90. The van der Waals surface area contributed by atoms with Crippen molar-refractivity contribution < 1.29 is 19.1 Å². The quantitative estimate of drug-likeness (QED) is 0.377. The first-order chi connectivity index (χ1) is 14.0. The summed E-state index contributed by atoms with van der Waals surface area (Å²) in [4.78, 5) is 39.5. The lowest BCUT2D eigenvalue weighted by Crippen LogP contribution is -2.36. The highest BCUT2D eigenvalue weighted by atomic mass is 32.2. The van der Waals surface area contributed by atoms with E-state index in [1.807, 2.05) is 58.9 Å². The van der Waals surface area contributed by atoms with Gasteiger partial charge in [-0.1, -0.05) is 24.3 Å². The van der Waals surface area contributed by atoms with Crippen molar-refractivity contribution in [2.45, 2.75) is 49.9 Å². The lowest BCUT2D eigenvalue weighted by Gasteiger charge is -2.28. The molecular weight excluding hydrogens is 398 g/mol. The Morgan fingerprint density at radius 2 is 1.53 bits per heavy atom. The number of esters is 1. The number of amides is 2. The van der Waals surface area contributed by atoms with Crippen LogP contribution in [0.5, 0.6) is 0 Å². The van der Waals surface area contributed by atoms with Gasteiger partial charge in [-0.05, 0) is 70.5 Å². The number of hydrogen-bond acceptors (Lipinski definition) is 5. The number of benzene rings is 2. The third-order valence-corrected chi connectivity index (χ3v) is 5.53. The predicted octanol–water partition coefficient (Wildman–Crippen LogP) is 5.17. The van der Waals surface area contributed by atoms with Gasteiger partial charge in [-0.25, -0.2) is 4.90 Å². The summed E-state index contributed by atoms with van der Waals surface area (Å²) in [5, 5.41) is 0. The van der Waals surface area contributed by atoms with Gasteiger partial charge >= 0.3 is 5.97 Å². The zero-order valence-electron chi connectivity index (χ0n) is 17.8. The summed E-state index contributed by atoms with van der Waals surface area (Å²) in [6.07, 6.45) is 3.21. The van der Waals surface area contributed by atoms with E-state index < -0.39 is 10.3 Å². The molecule has 0 spiro atoms. The molecule has 0 saturated carbocycles. The van der Waals surface area contributed by atoms with Gasteiger partial charge < -0.3 is 4.74 Å². The molecule has 0 radical (unpaired) electrons. The van der Waals surface area contributed by atoms with E-state index in [0.29, 0.717) is 11.1 Å². The van der Waals surface area contributed by atoms with Gasteiger partial charge in [-0.3, -0.25) is 14.4 Å². The number of ether oxygens (including phenoxy) is 1. The van der Waals surface area contributed by atoms with Gasteiger partial charge in [0.25, 0.3) is 11.8 Å². The zero-order chi connectivity index (χ0) is 22.1. The number of hydrogen-bond donors (Lipinski definition) is 0. The molecule has 2 aromatic rings. The average Bonchev–Trinajstić information content (AvgIpc) is 2.89. The summed E-state index contributed by atoms with van der Waals surface area (Å²) >= 11 is 1.40. The molecule has 1 aliphatic rings. The molecule has 5 nitrogen and oxygen atoms in total. The van der Waals surface area contributed by atoms with Gasteiger partial charge in [0.15, 0.2) is 0 Å². The third kappa shape index (κ3) is 4.82. The van der Waals surface area contributed by atoms with Crippen LogP contribution in [-0.4, -0.2) is 33.0 Å². The molecule has 156 valence electrons. The molecular formula is C24H25NO4S. The van der Waals surface area contributed by atoms with Crippen molar-refractivity contribution in [2.24, 2.45) is 0 Å². The lowest BCUT2D eigenvalue weighted by molar-refractivity contribution is -0.156. The highest BCUT2D eigenvalue weighted by Crippen LogP contribution is 2.35. The Labute approximate surface area is 181 Å². The molecule has 0 atom stereocenters. The molecule has 6 heteroatoms. The van der Waals surface area contributed by atoms with E-state index in [1.165, 1.54) is 18.0 Å². The van der Waals surface area contributed by atoms with Crippen LogP contribution in [0.1, 0.15) is 60.9 Å². The van der Waals surface area contributed by atoms with Crippen molar-refractivity contribution in [1.82, 2.24) is 4.90 Å². The molecule has 0 aliphatic carbocycles. The second-order valence-electron chi connectivity index (χ2n) is 8.53. The fourth-order valence-corrected chi connectivity index (χ4v) is 3.98. The zero-order valence-corrected chi connectivity index (χ0v) is 18.6. The minimum absolute atomic E-state index is 0.285. The molecule has 1 aliphatic heterocycles. The topological polar surface area (TPSA) is 63.7 Å². The van der Waals surface area contributed by atoms with Crippen LogP contribution in [-0.2, 0) is 9.53 Å². The molecule has 0 bridgehead atoms. The number of imide groups is 1. The van der Waals surface area contributed by atoms with E-state index in [9.17, 15) is 14.4 Å². The second kappa shape index (κ2) is 8.11. The van der Waals surface area contributed by atoms with Crippen LogP contribution in [0.2, 0.25) is 0 Å². The van der Waals surface area contributed by atoms with E-state index in [-0.39, 0.29) is 17.8 Å². The van der Waals surface area contributed by atoms with Crippen molar-refractivity contribution in [2.75, 3.05) is 0 Å². The largest absolute Gasteiger partial charge is 0.459 e. The molecule has 2 aromatic carbocycles. The Morgan fingerprint density at radius 1 is 0.933 bits per heavy atom. The number of carbonyl (C=O) groups is 3. The second-order valence-corrected chi connectivity index (χ2v) is 10.2. The summed E-state index contributed by atoms with van der Waals surface area (Å²) < 4.78 is 4.75. The number of carbonyl (C=O) groups excluding carboxylic acids is 3. The summed E-state index contributed by atoms with van der Waals surface area (Å²) in [6, 6.07) is 14.4. The molecule has 3 rings (SSSR count). The van der Waals surface area contributed by atoms with Crippen LogP contribution in [0, 0.1) is 0 Å². The van der Waals surface area contributed by atoms with E-state index in [4.69, 9.17) is 4.74 Å². The Morgan fingerprint density at radius 3 is 2.10 bits per heavy atom. The first kappa shape index (κ1) is 21.8.